The molecule has 2 aromatic rings. The van der Waals surface area contributed by atoms with Crippen molar-refractivity contribution in [3.05, 3.63) is 28.2 Å². The fourth-order valence-corrected chi connectivity index (χ4v) is 2.64. The molecule has 0 aliphatic heterocycles. The minimum atomic E-state index is -3.20. The fraction of sp³-hybridized carbons (Fsp3) is 0.357. The summed E-state index contributed by atoms with van der Waals surface area (Å²) in [5.41, 5.74) is 6.81. The Bertz CT molecular complexity index is 866. The highest BCUT2D eigenvalue weighted by Gasteiger charge is 2.13. The molecule has 4 N–H and O–H groups in total. The van der Waals surface area contributed by atoms with Gasteiger partial charge in [-0.25, -0.2) is 8.39 Å². The van der Waals surface area contributed by atoms with E-state index in [1.54, 1.807) is 18.2 Å². The summed E-state index contributed by atoms with van der Waals surface area (Å²) in [5, 5.41) is 11.6. The minimum absolute atomic E-state index is 0.0198. The van der Waals surface area contributed by atoms with Gasteiger partial charge in [0.25, 0.3) is 0 Å². The van der Waals surface area contributed by atoms with Crippen LogP contribution in [-0.4, -0.2) is 56.2 Å². The molecule has 1 aromatic heterocycles. The summed E-state index contributed by atoms with van der Waals surface area (Å²) >= 11 is 12.1. The Morgan fingerprint density at radius 1 is 1.27 bits per heavy atom. The van der Waals surface area contributed by atoms with E-state index in [-0.39, 0.29) is 25.0 Å². The Morgan fingerprint density at radius 3 is 2.73 bits per heavy atom. The third-order valence-electron chi connectivity index (χ3n) is 2.98. The maximum absolute atomic E-state index is 10.9. The number of hydrogen-bond donors (Lipinski definition) is 2. The molecule has 1 unspecified atom stereocenters. The van der Waals surface area contributed by atoms with Crippen LogP contribution < -0.4 is 11.1 Å². The van der Waals surface area contributed by atoms with Gasteiger partial charge in [0, 0.05) is 12.1 Å². The number of ether oxygens (including phenoxy) is 1. The smallest absolute Gasteiger partial charge is 0.382 e. The van der Waals surface area contributed by atoms with Crippen LogP contribution >= 0.6 is 23.2 Å². The zero-order valence-corrected chi connectivity index (χ0v) is 16.1. The van der Waals surface area contributed by atoms with Crippen LogP contribution in [-0.2, 0) is 19.0 Å². The predicted octanol–water partition coefficient (Wildman–Crippen LogP) is 1.99. The van der Waals surface area contributed by atoms with Crippen LogP contribution in [0.25, 0.3) is 11.3 Å². The van der Waals surface area contributed by atoms with E-state index in [0.717, 1.165) is 6.26 Å². The highest BCUT2D eigenvalue weighted by Crippen LogP contribution is 2.34. The molecule has 142 valence electrons. The molecule has 0 saturated heterocycles. The van der Waals surface area contributed by atoms with E-state index >= 15 is 0 Å². The van der Waals surface area contributed by atoms with Crippen molar-refractivity contribution in [1.29, 1.82) is 0 Å². The monoisotopic (exact) mass is 422 g/mol. The van der Waals surface area contributed by atoms with Crippen molar-refractivity contribution in [2.45, 2.75) is 0 Å². The number of hydrogen-bond acceptors (Lipinski definition) is 8. The summed E-state index contributed by atoms with van der Waals surface area (Å²) in [5.74, 6) is 0.387. The van der Waals surface area contributed by atoms with Crippen LogP contribution in [0, 0.1) is 0 Å². The number of nitrogens with two attached hydrogens (primary N) is 1. The first-order valence-electron chi connectivity index (χ1n) is 7.40. The molecule has 0 amide bonds. The molecule has 2 rings (SSSR count). The van der Waals surface area contributed by atoms with Gasteiger partial charge in [0.05, 0.1) is 29.9 Å². The maximum Gasteiger partial charge on any atom is 0.402 e. The van der Waals surface area contributed by atoms with Crippen LogP contribution in [0.5, 0.6) is 0 Å². The Balaban J connectivity index is 1.85. The fourth-order valence-electron chi connectivity index (χ4n) is 1.88. The van der Waals surface area contributed by atoms with Crippen LogP contribution in [0.3, 0.4) is 0 Å². The van der Waals surface area contributed by atoms with E-state index in [1.807, 2.05) is 0 Å². The zero-order valence-electron chi connectivity index (χ0n) is 13.8. The van der Waals surface area contributed by atoms with Crippen molar-refractivity contribution in [2.75, 3.05) is 43.7 Å². The number of nitrogens with one attached hydrogen (secondary N) is 1. The number of nitrogens with zero attached hydrogens (tertiary/aromatic N) is 3. The van der Waals surface area contributed by atoms with Gasteiger partial charge < -0.3 is 15.8 Å². The normalized spacial score (nSPS) is 13.3. The van der Waals surface area contributed by atoms with E-state index in [1.165, 1.54) is 0 Å². The molecule has 1 atom stereocenters. The summed E-state index contributed by atoms with van der Waals surface area (Å²) in [6, 6.07) is 5.11. The Hall–Kier alpha value is -1.72. The molecule has 1 aromatic carbocycles. The molecular weight excluding hydrogens is 405 g/mol. The number of rotatable bonds is 9. The molecule has 1 heterocycles. The molecule has 0 aliphatic carbocycles. The summed E-state index contributed by atoms with van der Waals surface area (Å²) < 4.78 is 29.7. The van der Waals surface area contributed by atoms with E-state index in [2.05, 4.69) is 24.7 Å². The van der Waals surface area contributed by atoms with Gasteiger partial charge in [-0.15, -0.1) is 10.2 Å². The highest BCUT2D eigenvalue weighted by atomic mass is 35.5. The maximum atomic E-state index is 10.9. The standard InChI is InChI=1S/C14H17Cl2N5O4S/c1-26(22,23)25-8-7-24-6-5-18-14-19-13(17)12(20-21-14)9-3-2-4-10(15)11(9)16/h2-4H,5-8H2,1H3,(H3,17,18,19,21)/p+1. The largest absolute Gasteiger partial charge is 0.402 e. The number of aromatic nitrogens is 3. The molecule has 0 aliphatic rings. The molecule has 12 heteroatoms. The van der Waals surface area contributed by atoms with Crippen molar-refractivity contribution in [3.8, 4) is 11.3 Å². The second kappa shape index (κ2) is 9.28. The molecular formula is C14H18Cl2N5O4S+. The predicted molar refractivity (Wildman–Crippen MR) is 101 cm³/mol. The summed E-state index contributed by atoms with van der Waals surface area (Å²) in [4.78, 5) is 4.13. The molecule has 0 saturated carbocycles. The average molecular weight is 423 g/mol. The van der Waals surface area contributed by atoms with Crippen LogP contribution in [0.4, 0.5) is 11.8 Å². The molecule has 0 fully saturated rings. The van der Waals surface area contributed by atoms with E-state index in [9.17, 15) is 4.21 Å². The highest BCUT2D eigenvalue weighted by molar-refractivity contribution is 7.86. The Morgan fingerprint density at radius 2 is 2.04 bits per heavy atom. The lowest BCUT2D eigenvalue weighted by molar-refractivity contribution is 0.110. The van der Waals surface area contributed by atoms with Gasteiger partial charge >= 0.3 is 10.1 Å². The molecule has 0 radical (unpaired) electrons. The van der Waals surface area contributed by atoms with Gasteiger partial charge in [0.2, 0.25) is 5.95 Å². The Kier molecular flexibility index (Phi) is 7.35. The Labute approximate surface area is 160 Å². The molecule has 0 spiro atoms. The first kappa shape index (κ1) is 20.6. The average Bonchev–Trinajstić information content (AvgIpc) is 2.56. The quantitative estimate of drug-likeness (QED) is 0.355. The van der Waals surface area contributed by atoms with Crippen LogP contribution in [0.15, 0.2) is 18.2 Å². The first-order chi connectivity index (χ1) is 12.3. The lowest BCUT2D eigenvalue weighted by atomic mass is 10.1. The summed E-state index contributed by atoms with van der Waals surface area (Å²) in [7, 11) is -3.20. The number of halogens is 2. The van der Waals surface area contributed by atoms with Gasteiger partial charge in [-0.3, -0.25) is 0 Å². The van der Waals surface area contributed by atoms with Crippen molar-refractivity contribution in [3.63, 3.8) is 0 Å². The van der Waals surface area contributed by atoms with E-state index in [0.29, 0.717) is 34.5 Å². The summed E-state index contributed by atoms with van der Waals surface area (Å²) in [6.45, 7) is 0.899. The second-order valence-corrected chi connectivity index (χ2v) is 7.55. The van der Waals surface area contributed by atoms with Gasteiger partial charge in [-0.1, -0.05) is 35.3 Å². The number of anilines is 2. The first-order valence-corrected chi connectivity index (χ1v) is 10.0. The van der Waals surface area contributed by atoms with Gasteiger partial charge in [-0.2, -0.15) is 9.19 Å². The van der Waals surface area contributed by atoms with Crippen LogP contribution in [0.2, 0.25) is 10.0 Å². The van der Waals surface area contributed by atoms with Crippen molar-refractivity contribution in [2.24, 2.45) is 0 Å². The summed E-state index contributed by atoms with van der Waals surface area (Å²) in [6.07, 6.45) is 1.09. The second-order valence-electron chi connectivity index (χ2n) is 5.06. The topological polar surface area (TPSA) is 134 Å². The molecule has 26 heavy (non-hydrogen) atoms. The van der Waals surface area contributed by atoms with Gasteiger partial charge in [0.1, 0.15) is 11.9 Å². The molecule has 0 bridgehead atoms. The lowest BCUT2D eigenvalue weighted by Crippen LogP contribution is -2.16. The molecule has 9 nitrogen and oxygen atoms in total. The van der Waals surface area contributed by atoms with Gasteiger partial charge in [0.15, 0.2) is 5.82 Å². The van der Waals surface area contributed by atoms with Crippen LogP contribution in [0.1, 0.15) is 0 Å². The van der Waals surface area contributed by atoms with Crippen molar-refractivity contribution >= 4 is 45.1 Å². The number of nitrogen functional groups attached to an aromatic ring is 1. The van der Waals surface area contributed by atoms with E-state index < -0.39 is 10.1 Å². The minimum Gasteiger partial charge on any atom is -0.382 e. The van der Waals surface area contributed by atoms with Gasteiger partial charge in [-0.05, 0) is 6.07 Å². The number of benzene rings is 1. The third kappa shape index (κ3) is 6.22. The zero-order chi connectivity index (χ0) is 19.2. The van der Waals surface area contributed by atoms with Crippen molar-refractivity contribution in [1.82, 2.24) is 15.2 Å². The lowest BCUT2D eigenvalue weighted by Gasteiger charge is -2.09. The SMILES string of the molecule is CS(=O)(=[OH+])OCCOCCNc1nnc(-c2cccc(Cl)c2Cl)c(N)n1. The third-order valence-corrected chi connectivity index (χ3v) is 4.40. The van der Waals surface area contributed by atoms with E-state index in [4.69, 9.17) is 37.9 Å². The van der Waals surface area contributed by atoms with Crippen molar-refractivity contribution < 1.29 is 17.3 Å².